The molecule has 11 heavy (non-hydrogen) atoms. The highest BCUT2D eigenvalue weighted by Crippen LogP contribution is 2.14. The van der Waals surface area contributed by atoms with Crippen LogP contribution in [-0.2, 0) is 6.42 Å². The molecule has 1 rings (SSSR count). The van der Waals surface area contributed by atoms with E-state index in [1.165, 1.54) is 0 Å². The molecule has 0 heterocycles. The molecule has 0 fully saturated rings. The van der Waals surface area contributed by atoms with Gasteiger partial charge in [-0.15, -0.1) is 12.4 Å². The monoisotopic (exact) mass is 187 g/mol. The molecule has 0 spiro atoms. The lowest BCUT2D eigenvalue weighted by molar-refractivity contribution is 1.26. The van der Waals surface area contributed by atoms with Crippen molar-refractivity contribution in [1.29, 1.82) is 5.26 Å². The van der Waals surface area contributed by atoms with E-state index in [9.17, 15) is 0 Å². The molecule has 0 bridgehead atoms. The van der Waals surface area contributed by atoms with Gasteiger partial charge in [-0.1, -0.05) is 29.8 Å². The number of benzene rings is 1. The van der Waals surface area contributed by atoms with E-state index >= 15 is 0 Å². The van der Waals surface area contributed by atoms with Crippen LogP contribution in [0, 0.1) is 11.3 Å². The summed E-state index contributed by atoms with van der Waals surface area (Å²) < 4.78 is 0. The molecule has 0 N–H and O–H groups in total. The maximum atomic E-state index is 8.34. The third-order valence-corrected chi connectivity index (χ3v) is 1.60. The first-order valence-corrected chi connectivity index (χ1v) is 3.33. The van der Waals surface area contributed by atoms with Crippen molar-refractivity contribution >= 4 is 24.0 Å². The average molecular weight is 188 g/mol. The Hall–Kier alpha value is -0.710. The van der Waals surface area contributed by atoms with Gasteiger partial charge in [0, 0.05) is 5.02 Å². The highest BCUT2D eigenvalue weighted by atomic mass is 35.5. The first-order valence-electron chi connectivity index (χ1n) is 2.95. The van der Waals surface area contributed by atoms with Crippen molar-refractivity contribution in [3.8, 4) is 6.07 Å². The van der Waals surface area contributed by atoms with Gasteiger partial charge in [0.25, 0.3) is 0 Å². The smallest absolute Gasteiger partial charge is 0.0670 e. The van der Waals surface area contributed by atoms with E-state index in [1.54, 1.807) is 6.07 Å². The molecule has 0 aliphatic carbocycles. The number of nitriles is 1. The topological polar surface area (TPSA) is 23.8 Å². The summed E-state index contributed by atoms with van der Waals surface area (Å²) in [6.45, 7) is 0. The van der Waals surface area contributed by atoms with Gasteiger partial charge in [-0.25, -0.2) is 0 Å². The van der Waals surface area contributed by atoms with Crippen LogP contribution in [0.5, 0.6) is 0 Å². The van der Waals surface area contributed by atoms with Gasteiger partial charge in [-0.05, 0) is 11.6 Å². The van der Waals surface area contributed by atoms with Crippen LogP contribution in [0.2, 0.25) is 5.02 Å². The summed E-state index contributed by atoms with van der Waals surface area (Å²) >= 11 is 5.75. The molecular weight excluding hydrogens is 181 g/mol. The van der Waals surface area contributed by atoms with E-state index < -0.39 is 0 Å². The van der Waals surface area contributed by atoms with E-state index in [0.717, 1.165) is 5.56 Å². The number of hydrogen-bond donors (Lipinski definition) is 0. The summed E-state index contributed by atoms with van der Waals surface area (Å²) in [4.78, 5) is 0. The summed E-state index contributed by atoms with van der Waals surface area (Å²) in [5.41, 5.74) is 0.895. The standard InChI is InChI=1S/C8H6ClN.ClH/c9-8-4-2-1-3-7(8)5-6-10;/h1-4H,5H2;1H. The van der Waals surface area contributed by atoms with E-state index in [-0.39, 0.29) is 12.4 Å². The quantitative estimate of drug-likeness (QED) is 0.664. The van der Waals surface area contributed by atoms with Gasteiger partial charge in [0.2, 0.25) is 0 Å². The van der Waals surface area contributed by atoms with Crippen LogP contribution in [0.1, 0.15) is 5.56 Å². The van der Waals surface area contributed by atoms with Crippen LogP contribution in [-0.4, -0.2) is 0 Å². The van der Waals surface area contributed by atoms with Crippen LogP contribution in [0.15, 0.2) is 24.3 Å². The molecule has 1 aromatic carbocycles. The molecule has 58 valence electrons. The zero-order chi connectivity index (χ0) is 7.40. The summed E-state index contributed by atoms with van der Waals surface area (Å²) in [6, 6.07) is 9.40. The molecule has 0 radical (unpaired) electrons. The number of rotatable bonds is 1. The largest absolute Gasteiger partial charge is 0.198 e. The number of hydrogen-bond acceptors (Lipinski definition) is 1. The Bertz CT molecular complexity index is 265. The van der Waals surface area contributed by atoms with Crippen molar-refractivity contribution in [1.82, 2.24) is 0 Å². The van der Waals surface area contributed by atoms with Crippen LogP contribution >= 0.6 is 24.0 Å². The maximum Gasteiger partial charge on any atom is 0.0670 e. The van der Waals surface area contributed by atoms with Gasteiger partial charge in [-0.3, -0.25) is 0 Å². The lowest BCUT2D eigenvalue weighted by Gasteiger charge is -1.94. The lowest BCUT2D eigenvalue weighted by atomic mass is 10.2. The molecule has 0 saturated carbocycles. The summed E-state index contributed by atoms with van der Waals surface area (Å²) in [7, 11) is 0. The van der Waals surface area contributed by atoms with Crippen molar-refractivity contribution in [3.05, 3.63) is 34.9 Å². The van der Waals surface area contributed by atoms with E-state index in [0.29, 0.717) is 11.4 Å². The van der Waals surface area contributed by atoms with E-state index in [1.807, 2.05) is 24.3 Å². The van der Waals surface area contributed by atoms with E-state index in [4.69, 9.17) is 16.9 Å². The molecule has 0 aromatic heterocycles. The average Bonchev–Trinajstić information content (AvgIpc) is 1.94. The number of halogens is 2. The Labute approximate surface area is 77.0 Å². The zero-order valence-corrected chi connectivity index (χ0v) is 7.32. The minimum Gasteiger partial charge on any atom is -0.198 e. The second-order valence-corrected chi connectivity index (χ2v) is 2.33. The van der Waals surface area contributed by atoms with Crippen LogP contribution in [0.25, 0.3) is 0 Å². The SMILES string of the molecule is Cl.N#CCc1ccccc1Cl. The van der Waals surface area contributed by atoms with Crippen molar-refractivity contribution in [2.24, 2.45) is 0 Å². The first-order chi connectivity index (χ1) is 4.84. The van der Waals surface area contributed by atoms with Gasteiger partial charge >= 0.3 is 0 Å². The number of nitrogens with zero attached hydrogens (tertiary/aromatic N) is 1. The van der Waals surface area contributed by atoms with Crippen LogP contribution in [0.4, 0.5) is 0 Å². The highest BCUT2D eigenvalue weighted by molar-refractivity contribution is 6.31. The Morgan fingerprint density at radius 3 is 2.55 bits per heavy atom. The third kappa shape index (κ3) is 2.80. The summed E-state index contributed by atoms with van der Waals surface area (Å²) in [5, 5.41) is 9.01. The molecule has 0 aliphatic heterocycles. The fourth-order valence-electron chi connectivity index (χ4n) is 0.727. The summed E-state index contributed by atoms with van der Waals surface area (Å²) in [5.74, 6) is 0. The van der Waals surface area contributed by atoms with Crippen molar-refractivity contribution in [2.75, 3.05) is 0 Å². The predicted molar refractivity (Wildman–Crippen MR) is 48.0 cm³/mol. The van der Waals surface area contributed by atoms with Gasteiger partial charge in [0.15, 0.2) is 0 Å². The second-order valence-electron chi connectivity index (χ2n) is 1.93. The minimum absolute atomic E-state index is 0. The minimum atomic E-state index is 0. The van der Waals surface area contributed by atoms with Crippen molar-refractivity contribution in [3.63, 3.8) is 0 Å². The predicted octanol–water partition coefficient (Wildman–Crippen LogP) is 2.83. The fourth-order valence-corrected chi connectivity index (χ4v) is 0.929. The molecule has 0 unspecified atom stereocenters. The Balaban J connectivity index is 0.000001000. The Morgan fingerprint density at radius 2 is 2.00 bits per heavy atom. The first kappa shape index (κ1) is 10.3. The fraction of sp³-hybridized carbons (Fsp3) is 0.125. The lowest BCUT2D eigenvalue weighted by Crippen LogP contribution is -1.80. The summed E-state index contributed by atoms with van der Waals surface area (Å²) in [6.07, 6.45) is 0.389. The van der Waals surface area contributed by atoms with Crippen molar-refractivity contribution < 1.29 is 0 Å². The molecule has 0 atom stereocenters. The van der Waals surface area contributed by atoms with Gasteiger partial charge in [0.05, 0.1) is 12.5 Å². The molecular formula is C8H7Cl2N. The maximum absolute atomic E-state index is 8.34. The van der Waals surface area contributed by atoms with Gasteiger partial charge < -0.3 is 0 Å². The molecule has 0 aliphatic rings. The normalized spacial score (nSPS) is 8.00. The molecule has 0 saturated heterocycles. The molecule has 3 heteroatoms. The van der Waals surface area contributed by atoms with Gasteiger partial charge in [-0.2, -0.15) is 5.26 Å². The zero-order valence-electron chi connectivity index (χ0n) is 5.75. The van der Waals surface area contributed by atoms with Crippen LogP contribution in [0.3, 0.4) is 0 Å². The molecule has 1 nitrogen and oxygen atoms in total. The second kappa shape index (κ2) is 5.01. The van der Waals surface area contributed by atoms with Crippen LogP contribution < -0.4 is 0 Å². The van der Waals surface area contributed by atoms with E-state index in [2.05, 4.69) is 0 Å². The highest BCUT2D eigenvalue weighted by Gasteiger charge is 1.94. The molecule has 1 aromatic rings. The third-order valence-electron chi connectivity index (χ3n) is 1.23. The van der Waals surface area contributed by atoms with Gasteiger partial charge in [0.1, 0.15) is 0 Å². The van der Waals surface area contributed by atoms with Crippen molar-refractivity contribution in [2.45, 2.75) is 6.42 Å². The Morgan fingerprint density at radius 1 is 1.36 bits per heavy atom. The molecule has 0 amide bonds. The Kier molecular flexibility index (Phi) is 4.69.